The van der Waals surface area contributed by atoms with Gasteiger partial charge in [0, 0.05) is 53.7 Å². The Balaban J connectivity index is 0.000000253. The van der Waals surface area contributed by atoms with Gasteiger partial charge in [-0.15, -0.1) is 0 Å². The molecule has 0 bridgehead atoms. The normalized spacial score (nSPS) is 33.5. The summed E-state index contributed by atoms with van der Waals surface area (Å²) in [5.41, 5.74) is 12.4. The Labute approximate surface area is 255 Å². The first-order valence-corrected chi connectivity index (χ1v) is 16.6. The molecule has 2 aromatic rings. The highest BCUT2D eigenvalue weighted by molar-refractivity contribution is 5.64. The van der Waals surface area contributed by atoms with E-state index in [1.165, 1.54) is 29.5 Å². The molecule has 1 aromatic heterocycles. The van der Waals surface area contributed by atoms with Gasteiger partial charge in [0.25, 0.3) is 0 Å². The number of nitriles is 1. The molecular formula is C35H46F2N6. The van der Waals surface area contributed by atoms with Gasteiger partial charge in [0.05, 0.1) is 11.3 Å². The van der Waals surface area contributed by atoms with E-state index in [1.54, 1.807) is 0 Å². The number of hydrogen-bond donors (Lipinski definition) is 1. The van der Waals surface area contributed by atoms with Gasteiger partial charge in [-0.05, 0) is 94.4 Å². The second-order valence-electron chi connectivity index (χ2n) is 14.8. The number of aryl methyl sites for hydroxylation is 1. The molecule has 3 aliphatic carbocycles. The monoisotopic (exact) mass is 588 g/mol. The highest BCUT2D eigenvalue weighted by atomic mass is 19.1. The van der Waals surface area contributed by atoms with Crippen molar-refractivity contribution < 1.29 is 8.78 Å². The molecule has 4 fully saturated rings. The number of nitrogens with zero attached hydrogens (tertiary/aromatic N) is 5. The summed E-state index contributed by atoms with van der Waals surface area (Å²) in [4.78, 5) is 14.5. The van der Waals surface area contributed by atoms with Crippen molar-refractivity contribution in [1.29, 1.82) is 5.26 Å². The molecule has 5 atom stereocenters. The van der Waals surface area contributed by atoms with Gasteiger partial charge in [0.2, 0.25) is 0 Å². The van der Waals surface area contributed by atoms with Crippen LogP contribution < -0.4 is 10.6 Å². The summed E-state index contributed by atoms with van der Waals surface area (Å²) in [5, 5.41) is 10.1. The van der Waals surface area contributed by atoms with Crippen LogP contribution in [0.2, 0.25) is 0 Å². The molecule has 4 heterocycles. The SMILES string of the molecule is CC12CCCN1CC(F)C2.CCc1nc2c(c(N3CC4(CC4F)C3)n1)CCC1(CCCC(C)c3ccc(N)c(C#N)c31)C2. The molecule has 5 unspecified atom stereocenters. The van der Waals surface area contributed by atoms with Crippen LogP contribution in [0.25, 0.3) is 0 Å². The van der Waals surface area contributed by atoms with Gasteiger partial charge in [-0.1, -0.05) is 26.3 Å². The van der Waals surface area contributed by atoms with Crippen molar-refractivity contribution in [3.63, 3.8) is 0 Å². The number of anilines is 2. The van der Waals surface area contributed by atoms with Crippen molar-refractivity contribution in [1.82, 2.24) is 14.9 Å². The largest absolute Gasteiger partial charge is 0.398 e. The number of alkyl halides is 2. The zero-order valence-corrected chi connectivity index (χ0v) is 26.1. The quantitative estimate of drug-likeness (QED) is 0.413. The standard InChI is InChI=1S/C27H32FN5.C8H14FN/c1-3-23-31-21-11-26(9-4-5-16(2)17-6-7-20(30)19(13-29)24(17)26)10-8-18(21)25(32-23)33-14-27(15-33)12-22(27)28;1-8-3-2-4-10(8)6-7(9)5-8/h6-7,16,22H,3-5,8-12,14-15,30H2,1-2H3;7H,2-6H2,1H3. The molecule has 8 rings (SSSR count). The fourth-order valence-electron chi connectivity index (χ4n) is 9.24. The lowest BCUT2D eigenvalue weighted by atomic mass is 9.64. The summed E-state index contributed by atoms with van der Waals surface area (Å²) in [5.74, 6) is 2.32. The second-order valence-corrected chi connectivity index (χ2v) is 14.8. The molecule has 0 amide bonds. The van der Waals surface area contributed by atoms with Crippen molar-refractivity contribution in [3.8, 4) is 6.07 Å². The van der Waals surface area contributed by atoms with Crippen LogP contribution in [0.15, 0.2) is 12.1 Å². The molecule has 2 spiro atoms. The van der Waals surface area contributed by atoms with Crippen LogP contribution in [0, 0.1) is 16.7 Å². The summed E-state index contributed by atoms with van der Waals surface area (Å²) in [6.45, 7) is 9.93. The summed E-state index contributed by atoms with van der Waals surface area (Å²) in [6, 6.07) is 6.52. The highest BCUT2D eigenvalue weighted by Crippen LogP contribution is 2.57. The first-order valence-electron chi connectivity index (χ1n) is 16.6. The van der Waals surface area contributed by atoms with Crippen LogP contribution in [0.5, 0.6) is 0 Å². The zero-order chi connectivity index (χ0) is 30.1. The van der Waals surface area contributed by atoms with Gasteiger partial charge >= 0.3 is 0 Å². The Bertz CT molecular complexity index is 1460. The van der Waals surface area contributed by atoms with Gasteiger partial charge in [0.1, 0.15) is 30.1 Å². The summed E-state index contributed by atoms with van der Waals surface area (Å²) >= 11 is 0. The van der Waals surface area contributed by atoms with E-state index < -0.39 is 12.3 Å². The molecule has 8 heteroatoms. The lowest BCUT2D eigenvalue weighted by molar-refractivity contribution is 0.217. The number of benzene rings is 1. The van der Waals surface area contributed by atoms with Crippen molar-refractivity contribution in [3.05, 3.63) is 45.9 Å². The maximum absolute atomic E-state index is 13.8. The summed E-state index contributed by atoms with van der Waals surface area (Å²) in [6.07, 6.45) is 9.55. The van der Waals surface area contributed by atoms with Gasteiger partial charge < -0.3 is 10.6 Å². The summed E-state index contributed by atoms with van der Waals surface area (Å²) < 4.78 is 26.7. The smallest absolute Gasteiger partial charge is 0.135 e. The molecule has 230 valence electrons. The minimum Gasteiger partial charge on any atom is -0.398 e. The third-order valence-electron chi connectivity index (χ3n) is 11.9. The highest BCUT2D eigenvalue weighted by Gasteiger charge is 2.63. The minimum absolute atomic E-state index is 0.101. The van der Waals surface area contributed by atoms with Crippen molar-refractivity contribution in [2.45, 2.75) is 121 Å². The maximum atomic E-state index is 13.8. The average molecular weight is 589 g/mol. The summed E-state index contributed by atoms with van der Waals surface area (Å²) in [7, 11) is 0. The number of fused-ring (bicyclic) bond motifs is 4. The third-order valence-corrected chi connectivity index (χ3v) is 11.9. The van der Waals surface area contributed by atoms with E-state index in [9.17, 15) is 14.0 Å². The van der Waals surface area contributed by atoms with Crippen molar-refractivity contribution >= 4 is 11.5 Å². The fraction of sp³-hybridized carbons (Fsp3) is 0.686. The molecule has 43 heavy (non-hydrogen) atoms. The number of hydrogen-bond acceptors (Lipinski definition) is 6. The van der Waals surface area contributed by atoms with Crippen LogP contribution in [-0.2, 0) is 24.7 Å². The Morgan fingerprint density at radius 3 is 2.60 bits per heavy atom. The number of nitrogens with two attached hydrogens (primary N) is 1. The molecular weight excluding hydrogens is 542 g/mol. The predicted molar refractivity (Wildman–Crippen MR) is 166 cm³/mol. The number of aromatic nitrogens is 2. The first-order chi connectivity index (χ1) is 20.6. The van der Waals surface area contributed by atoms with Crippen molar-refractivity contribution in [2.24, 2.45) is 5.41 Å². The predicted octanol–water partition coefficient (Wildman–Crippen LogP) is 6.34. The van der Waals surface area contributed by atoms with E-state index in [4.69, 9.17) is 15.7 Å². The molecule has 6 nitrogen and oxygen atoms in total. The number of rotatable bonds is 2. The van der Waals surface area contributed by atoms with Crippen LogP contribution in [0.1, 0.15) is 112 Å². The van der Waals surface area contributed by atoms with Gasteiger partial charge in [-0.25, -0.2) is 18.7 Å². The van der Waals surface area contributed by atoms with Gasteiger partial charge in [0.15, 0.2) is 0 Å². The second kappa shape index (κ2) is 10.4. The fourth-order valence-corrected chi connectivity index (χ4v) is 9.24. The Kier molecular flexibility index (Phi) is 7.00. The first kappa shape index (κ1) is 29.0. The topological polar surface area (TPSA) is 82.1 Å². The Morgan fingerprint density at radius 2 is 1.91 bits per heavy atom. The van der Waals surface area contributed by atoms with E-state index in [0.29, 0.717) is 30.1 Å². The molecule has 0 radical (unpaired) electrons. The van der Waals surface area contributed by atoms with E-state index in [-0.39, 0.29) is 16.4 Å². The Hall–Kier alpha value is -2.79. The van der Waals surface area contributed by atoms with Crippen LogP contribution in [0.4, 0.5) is 20.3 Å². The number of nitrogen functional groups attached to an aromatic ring is 1. The maximum Gasteiger partial charge on any atom is 0.135 e. The molecule has 2 N–H and O–H groups in total. The molecule has 1 saturated carbocycles. The molecule has 3 saturated heterocycles. The molecule has 6 aliphatic rings. The average Bonchev–Trinajstić information content (AvgIpc) is 3.44. The van der Waals surface area contributed by atoms with E-state index in [1.807, 2.05) is 6.07 Å². The van der Waals surface area contributed by atoms with Crippen LogP contribution in [-0.4, -0.2) is 58.9 Å². The lowest BCUT2D eigenvalue weighted by Gasteiger charge is -2.44. The minimum atomic E-state index is -0.639. The molecule has 1 aromatic carbocycles. The van der Waals surface area contributed by atoms with Crippen LogP contribution in [0.3, 0.4) is 0 Å². The third kappa shape index (κ3) is 4.72. The van der Waals surface area contributed by atoms with Gasteiger partial charge in [-0.2, -0.15) is 5.26 Å². The Morgan fingerprint density at radius 1 is 1.12 bits per heavy atom. The van der Waals surface area contributed by atoms with E-state index in [0.717, 1.165) is 88.3 Å². The lowest BCUT2D eigenvalue weighted by Crippen LogP contribution is -2.51. The zero-order valence-electron chi connectivity index (χ0n) is 26.1. The van der Waals surface area contributed by atoms with Crippen LogP contribution >= 0.6 is 0 Å². The molecule has 3 aliphatic heterocycles. The van der Waals surface area contributed by atoms with E-state index >= 15 is 0 Å². The van der Waals surface area contributed by atoms with E-state index in [2.05, 4.69) is 42.7 Å². The van der Waals surface area contributed by atoms with Crippen molar-refractivity contribution in [2.75, 3.05) is 36.8 Å². The number of halogens is 2. The van der Waals surface area contributed by atoms with Gasteiger partial charge in [-0.3, -0.25) is 4.90 Å².